The minimum atomic E-state index is -0.667. The van der Waals surface area contributed by atoms with Gasteiger partial charge in [0.15, 0.2) is 24.4 Å². The molecule has 0 aliphatic rings. The summed E-state index contributed by atoms with van der Waals surface area (Å²) < 4.78 is 16.2. The zero-order valence-corrected chi connectivity index (χ0v) is 14.4. The van der Waals surface area contributed by atoms with Crippen molar-refractivity contribution in [3.63, 3.8) is 0 Å². The summed E-state index contributed by atoms with van der Waals surface area (Å²) >= 11 is 9.11. The number of carbonyl (C=O) groups is 2. The van der Waals surface area contributed by atoms with E-state index in [4.69, 9.17) is 25.8 Å². The van der Waals surface area contributed by atoms with Gasteiger partial charge in [0.1, 0.15) is 5.75 Å². The second-order valence-electron chi connectivity index (χ2n) is 4.33. The van der Waals surface area contributed by atoms with Gasteiger partial charge >= 0.3 is 5.97 Å². The van der Waals surface area contributed by atoms with Crippen molar-refractivity contribution in [2.75, 3.05) is 13.7 Å². The van der Waals surface area contributed by atoms with Crippen molar-refractivity contribution < 1.29 is 23.8 Å². The second kappa shape index (κ2) is 7.99. The molecular formula is C16H12BrClO5. The monoisotopic (exact) mass is 398 g/mol. The fourth-order valence-electron chi connectivity index (χ4n) is 1.77. The number of halogens is 2. The number of aldehydes is 1. The molecule has 2 aromatic rings. The summed E-state index contributed by atoms with van der Waals surface area (Å²) in [4.78, 5) is 23.0. The average molecular weight is 400 g/mol. The highest BCUT2D eigenvalue weighted by Crippen LogP contribution is 2.31. The molecule has 0 bridgehead atoms. The summed E-state index contributed by atoms with van der Waals surface area (Å²) in [5, 5.41) is 0.538. The van der Waals surface area contributed by atoms with Crippen molar-refractivity contribution >= 4 is 39.8 Å². The summed E-state index contributed by atoms with van der Waals surface area (Å²) in [5.74, 6) is 0.130. The third-order valence-corrected chi connectivity index (χ3v) is 3.67. The standard InChI is InChI=1S/C16H12BrClO5/c1-21-14-4-2-3-10(8-19)16(14)23-15(20)9-22-13-6-5-11(18)7-12(13)17/h2-8H,9H2,1H3. The molecule has 2 aromatic carbocycles. The van der Waals surface area contributed by atoms with Crippen molar-refractivity contribution in [3.05, 3.63) is 51.5 Å². The molecule has 0 aromatic heterocycles. The summed E-state index contributed by atoms with van der Waals surface area (Å²) in [6.07, 6.45) is 0.585. The Morgan fingerprint density at radius 1 is 1.26 bits per heavy atom. The van der Waals surface area contributed by atoms with Gasteiger partial charge < -0.3 is 14.2 Å². The highest BCUT2D eigenvalue weighted by Gasteiger charge is 2.15. The third kappa shape index (κ3) is 4.46. The van der Waals surface area contributed by atoms with E-state index in [1.54, 1.807) is 30.3 Å². The first kappa shape index (κ1) is 17.3. The molecule has 0 aliphatic heterocycles. The predicted molar refractivity (Wildman–Crippen MR) is 88.7 cm³/mol. The molecule has 0 heterocycles. The molecule has 0 fully saturated rings. The molecule has 0 saturated carbocycles. The van der Waals surface area contributed by atoms with Crippen molar-refractivity contribution in [2.45, 2.75) is 0 Å². The van der Waals surface area contributed by atoms with E-state index in [-0.39, 0.29) is 23.7 Å². The van der Waals surface area contributed by atoms with Crippen LogP contribution in [0.15, 0.2) is 40.9 Å². The van der Waals surface area contributed by atoms with Crippen LogP contribution >= 0.6 is 27.5 Å². The number of para-hydroxylation sites is 1. The maximum absolute atomic E-state index is 11.9. The number of benzene rings is 2. The Morgan fingerprint density at radius 2 is 2.04 bits per heavy atom. The first-order chi connectivity index (χ1) is 11.0. The van der Waals surface area contributed by atoms with Gasteiger partial charge in [0.2, 0.25) is 0 Å². The lowest BCUT2D eigenvalue weighted by Crippen LogP contribution is -2.19. The van der Waals surface area contributed by atoms with Gasteiger partial charge in [0, 0.05) is 5.02 Å². The maximum Gasteiger partial charge on any atom is 0.349 e. The van der Waals surface area contributed by atoms with Gasteiger partial charge in [-0.25, -0.2) is 4.79 Å². The van der Waals surface area contributed by atoms with E-state index >= 15 is 0 Å². The fraction of sp³-hybridized carbons (Fsp3) is 0.125. The minimum absolute atomic E-state index is 0.0637. The Bertz CT molecular complexity index is 732. The molecule has 120 valence electrons. The molecular weight excluding hydrogens is 388 g/mol. The largest absolute Gasteiger partial charge is 0.493 e. The van der Waals surface area contributed by atoms with Crippen LogP contribution in [0.4, 0.5) is 0 Å². The lowest BCUT2D eigenvalue weighted by Gasteiger charge is -2.12. The van der Waals surface area contributed by atoms with Crippen molar-refractivity contribution in [1.82, 2.24) is 0 Å². The van der Waals surface area contributed by atoms with E-state index in [0.717, 1.165) is 0 Å². The summed E-state index contributed by atoms with van der Waals surface area (Å²) in [7, 11) is 1.42. The Labute approximate surface area is 146 Å². The van der Waals surface area contributed by atoms with E-state index in [0.29, 0.717) is 21.5 Å². The number of hydrogen-bond acceptors (Lipinski definition) is 5. The van der Waals surface area contributed by atoms with Crippen LogP contribution in [0.2, 0.25) is 5.02 Å². The molecule has 0 aliphatic carbocycles. The van der Waals surface area contributed by atoms with Gasteiger partial charge in [-0.15, -0.1) is 0 Å². The first-order valence-electron chi connectivity index (χ1n) is 6.46. The highest BCUT2D eigenvalue weighted by atomic mass is 79.9. The van der Waals surface area contributed by atoms with Crippen LogP contribution in [0.5, 0.6) is 17.2 Å². The molecule has 2 rings (SSSR count). The Kier molecular flexibility index (Phi) is 6.01. The van der Waals surface area contributed by atoms with Gasteiger partial charge in [-0.1, -0.05) is 17.7 Å². The molecule has 7 heteroatoms. The van der Waals surface area contributed by atoms with Gasteiger partial charge in [0.05, 0.1) is 17.1 Å². The molecule has 0 saturated heterocycles. The first-order valence-corrected chi connectivity index (χ1v) is 7.63. The predicted octanol–water partition coefficient (Wildman–Crippen LogP) is 3.91. The van der Waals surface area contributed by atoms with E-state index in [1.807, 2.05) is 0 Å². The van der Waals surface area contributed by atoms with Crippen LogP contribution in [0.3, 0.4) is 0 Å². The minimum Gasteiger partial charge on any atom is -0.493 e. The van der Waals surface area contributed by atoms with Crippen LogP contribution in [-0.2, 0) is 4.79 Å². The number of esters is 1. The number of ether oxygens (including phenoxy) is 3. The van der Waals surface area contributed by atoms with Gasteiger partial charge in [-0.3, -0.25) is 4.79 Å². The molecule has 5 nitrogen and oxygen atoms in total. The van der Waals surface area contributed by atoms with Crippen LogP contribution in [-0.4, -0.2) is 26.0 Å². The highest BCUT2D eigenvalue weighted by molar-refractivity contribution is 9.10. The fourth-order valence-corrected chi connectivity index (χ4v) is 2.56. The topological polar surface area (TPSA) is 61.8 Å². The van der Waals surface area contributed by atoms with E-state index in [2.05, 4.69) is 15.9 Å². The maximum atomic E-state index is 11.9. The van der Waals surface area contributed by atoms with Crippen LogP contribution in [0.25, 0.3) is 0 Å². The van der Waals surface area contributed by atoms with E-state index in [9.17, 15) is 9.59 Å². The second-order valence-corrected chi connectivity index (χ2v) is 5.62. The normalized spacial score (nSPS) is 10.0. The average Bonchev–Trinajstić information content (AvgIpc) is 2.54. The van der Waals surface area contributed by atoms with Crippen molar-refractivity contribution in [1.29, 1.82) is 0 Å². The molecule has 0 atom stereocenters. The molecule has 0 amide bonds. The smallest absolute Gasteiger partial charge is 0.349 e. The number of hydrogen-bond donors (Lipinski definition) is 0. The zero-order valence-electron chi connectivity index (χ0n) is 12.0. The van der Waals surface area contributed by atoms with Gasteiger partial charge in [0.25, 0.3) is 0 Å². The van der Waals surface area contributed by atoms with Crippen molar-refractivity contribution in [3.8, 4) is 17.2 Å². The summed E-state index contributed by atoms with van der Waals surface area (Å²) in [6, 6.07) is 9.65. The lowest BCUT2D eigenvalue weighted by atomic mass is 10.2. The van der Waals surface area contributed by atoms with Crippen LogP contribution in [0, 0.1) is 0 Å². The summed E-state index contributed by atoms with van der Waals surface area (Å²) in [6.45, 7) is -0.337. The van der Waals surface area contributed by atoms with E-state index < -0.39 is 5.97 Å². The quantitative estimate of drug-likeness (QED) is 0.419. The molecule has 0 spiro atoms. The number of carbonyl (C=O) groups excluding carboxylic acids is 2. The Balaban J connectivity index is 2.07. The third-order valence-electron chi connectivity index (χ3n) is 2.81. The van der Waals surface area contributed by atoms with Gasteiger partial charge in [-0.05, 0) is 46.3 Å². The zero-order chi connectivity index (χ0) is 16.8. The molecule has 0 unspecified atom stereocenters. The van der Waals surface area contributed by atoms with Gasteiger partial charge in [-0.2, -0.15) is 0 Å². The van der Waals surface area contributed by atoms with Crippen molar-refractivity contribution in [2.24, 2.45) is 0 Å². The SMILES string of the molecule is COc1cccc(C=O)c1OC(=O)COc1ccc(Cl)cc1Br. The summed E-state index contributed by atoms with van der Waals surface area (Å²) in [5.41, 5.74) is 0.213. The number of rotatable bonds is 6. The Morgan fingerprint density at radius 3 is 2.70 bits per heavy atom. The Hall–Kier alpha value is -2.05. The molecule has 0 radical (unpaired) electrons. The van der Waals surface area contributed by atoms with E-state index in [1.165, 1.54) is 13.2 Å². The molecule has 0 N–H and O–H groups in total. The van der Waals surface area contributed by atoms with Crippen LogP contribution in [0.1, 0.15) is 10.4 Å². The lowest BCUT2D eigenvalue weighted by molar-refractivity contribution is -0.136. The molecule has 23 heavy (non-hydrogen) atoms. The number of methoxy groups -OCH3 is 1. The van der Waals surface area contributed by atoms with Crippen LogP contribution < -0.4 is 14.2 Å².